The molecule has 0 fully saturated rings. The van der Waals surface area contributed by atoms with Gasteiger partial charge in [-0.25, -0.2) is 9.97 Å². The summed E-state index contributed by atoms with van der Waals surface area (Å²) in [6.07, 6.45) is 0.821. The molecule has 0 amide bonds. The number of hydrogen-bond donors (Lipinski definition) is 2. The summed E-state index contributed by atoms with van der Waals surface area (Å²) in [5.74, 6) is 2.54. The molecule has 0 aliphatic rings. The van der Waals surface area contributed by atoms with Crippen LogP contribution in [0, 0.1) is 0 Å². The lowest BCUT2D eigenvalue weighted by Crippen LogP contribution is -2.32. The smallest absolute Gasteiger partial charge is 0.132 e. The number of nitrogens with zero attached hydrogens (tertiary/aromatic N) is 2. The third kappa shape index (κ3) is 4.49. The molecule has 102 valence electrons. The molecule has 5 heteroatoms. The maximum absolute atomic E-state index is 5.37. The Hall–Kier alpha value is -1.36. The Morgan fingerprint density at radius 2 is 1.78 bits per heavy atom. The van der Waals surface area contributed by atoms with E-state index in [1.165, 1.54) is 0 Å². The summed E-state index contributed by atoms with van der Waals surface area (Å²) in [6.45, 7) is 9.72. The van der Waals surface area contributed by atoms with Gasteiger partial charge in [0.05, 0.1) is 5.60 Å². The van der Waals surface area contributed by atoms with Crippen LogP contribution in [0.1, 0.15) is 33.5 Å². The topological polar surface area (TPSA) is 59.1 Å². The van der Waals surface area contributed by atoms with Crippen LogP contribution in [0.4, 0.5) is 11.6 Å². The van der Waals surface area contributed by atoms with E-state index in [0.717, 1.165) is 30.4 Å². The van der Waals surface area contributed by atoms with E-state index in [1.54, 1.807) is 7.11 Å². The highest BCUT2D eigenvalue weighted by molar-refractivity contribution is 5.47. The molecule has 1 heterocycles. The van der Waals surface area contributed by atoms with E-state index in [1.807, 2.05) is 26.8 Å². The van der Waals surface area contributed by atoms with Gasteiger partial charge < -0.3 is 15.4 Å². The van der Waals surface area contributed by atoms with Gasteiger partial charge in [0, 0.05) is 32.7 Å². The lowest BCUT2D eigenvalue weighted by molar-refractivity contribution is 0.0343. The van der Waals surface area contributed by atoms with Gasteiger partial charge in [-0.2, -0.15) is 0 Å². The first kappa shape index (κ1) is 14.7. The lowest BCUT2D eigenvalue weighted by Gasteiger charge is -2.23. The predicted molar refractivity (Wildman–Crippen MR) is 75.2 cm³/mol. The minimum absolute atomic E-state index is 0.213. The maximum Gasteiger partial charge on any atom is 0.132 e. The van der Waals surface area contributed by atoms with Gasteiger partial charge in [0.15, 0.2) is 0 Å². The molecular weight excluding hydrogens is 228 g/mol. The minimum atomic E-state index is -0.213. The molecule has 1 aromatic heterocycles. The fraction of sp³-hybridized carbons (Fsp3) is 0.692. The standard InChI is InChI=1S/C13H24N4O/c1-6-10-16-11(14-7-2)8-12(17-10)15-9-13(3,4)18-5/h8H,6-7,9H2,1-5H3,(H2,14,15,16,17). The summed E-state index contributed by atoms with van der Waals surface area (Å²) in [5, 5.41) is 6.50. The van der Waals surface area contributed by atoms with Crippen molar-refractivity contribution >= 4 is 11.6 Å². The number of aromatic nitrogens is 2. The summed E-state index contributed by atoms with van der Waals surface area (Å²) in [7, 11) is 1.71. The van der Waals surface area contributed by atoms with Gasteiger partial charge in [-0.3, -0.25) is 0 Å². The van der Waals surface area contributed by atoms with Crippen LogP contribution >= 0.6 is 0 Å². The summed E-state index contributed by atoms with van der Waals surface area (Å²) < 4.78 is 5.37. The highest BCUT2D eigenvalue weighted by Crippen LogP contribution is 2.14. The molecule has 0 bridgehead atoms. The van der Waals surface area contributed by atoms with Crippen LogP contribution in [0.2, 0.25) is 0 Å². The van der Waals surface area contributed by atoms with Crippen LogP contribution in [-0.4, -0.2) is 35.8 Å². The number of methoxy groups -OCH3 is 1. The zero-order valence-electron chi connectivity index (χ0n) is 12.0. The van der Waals surface area contributed by atoms with Crippen molar-refractivity contribution in [1.29, 1.82) is 0 Å². The Kier molecular flexibility index (Phi) is 5.34. The first-order valence-corrected chi connectivity index (χ1v) is 6.41. The van der Waals surface area contributed by atoms with E-state index >= 15 is 0 Å². The van der Waals surface area contributed by atoms with E-state index in [-0.39, 0.29) is 5.60 Å². The number of nitrogens with one attached hydrogen (secondary N) is 2. The maximum atomic E-state index is 5.37. The number of ether oxygens (including phenoxy) is 1. The Labute approximate surface area is 109 Å². The molecule has 0 atom stereocenters. The first-order valence-electron chi connectivity index (χ1n) is 6.41. The summed E-state index contributed by atoms with van der Waals surface area (Å²) in [4.78, 5) is 8.87. The molecule has 1 aromatic rings. The quantitative estimate of drug-likeness (QED) is 0.780. The van der Waals surface area contributed by atoms with Gasteiger partial charge in [0.1, 0.15) is 17.5 Å². The fourth-order valence-electron chi connectivity index (χ4n) is 1.39. The second-order valence-corrected chi connectivity index (χ2v) is 4.76. The molecule has 0 aliphatic heterocycles. The van der Waals surface area contributed by atoms with E-state index in [9.17, 15) is 0 Å². The van der Waals surface area contributed by atoms with Crippen LogP contribution in [-0.2, 0) is 11.2 Å². The Bertz CT molecular complexity index is 379. The molecule has 0 aliphatic carbocycles. The van der Waals surface area contributed by atoms with Crippen LogP contribution < -0.4 is 10.6 Å². The summed E-state index contributed by atoms with van der Waals surface area (Å²) in [6, 6.07) is 1.92. The molecule has 2 N–H and O–H groups in total. The third-order valence-electron chi connectivity index (χ3n) is 2.69. The van der Waals surface area contributed by atoms with Gasteiger partial charge in [-0.05, 0) is 20.8 Å². The van der Waals surface area contributed by atoms with Crippen molar-refractivity contribution in [3.8, 4) is 0 Å². The van der Waals surface area contributed by atoms with Gasteiger partial charge in [0.2, 0.25) is 0 Å². The van der Waals surface area contributed by atoms with Crippen molar-refractivity contribution in [3.63, 3.8) is 0 Å². The molecule has 18 heavy (non-hydrogen) atoms. The summed E-state index contributed by atoms with van der Waals surface area (Å²) >= 11 is 0. The average molecular weight is 252 g/mol. The molecule has 0 radical (unpaired) electrons. The first-order chi connectivity index (χ1) is 8.50. The van der Waals surface area contributed by atoms with Crippen LogP contribution in [0.15, 0.2) is 6.07 Å². The van der Waals surface area contributed by atoms with Crippen molar-refractivity contribution in [1.82, 2.24) is 9.97 Å². The van der Waals surface area contributed by atoms with Crippen molar-refractivity contribution < 1.29 is 4.74 Å². The Morgan fingerprint density at radius 3 is 2.28 bits per heavy atom. The Balaban J connectivity index is 2.78. The summed E-state index contributed by atoms with van der Waals surface area (Å²) in [5.41, 5.74) is -0.213. The molecule has 0 saturated heterocycles. The zero-order chi connectivity index (χ0) is 13.6. The SMILES string of the molecule is CCNc1cc(NCC(C)(C)OC)nc(CC)n1. The van der Waals surface area contributed by atoms with Crippen molar-refractivity contribution in [2.75, 3.05) is 30.8 Å². The van der Waals surface area contributed by atoms with Gasteiger partial charge in [-0.15, -0.1) is 0 Å². The average Bonchev–Trinajstić information content (AvgIpc) is 2.37. The third-order valence-corrected chi connectivity index (χ3v) is 2.69. The second-order valence-electron chi connectivity index (χ2n) is 4.76. The Morgan fingerprint density at radius 1 is 1.17 bits per heavy atom. The normalized spacial score (nSPS) is 11.4. The number of hydrogen-bond acceptors (Lipinski definition) is 5. The minimum Gasteiger partial charge on any atom is -0.377 e. The monoisotopic (exact) mass is 252 g/mol. The molecule has 0 saturated carbocycles. The molecule has 1 rings (SSSR count). The van der Waals surface area contributed by atoms with Crippen LogP contribution in [0.25, 0.3) is 0 Å². The van der Waals surface area contributed by atoms with E-state index < -0.39 is 0 Å². The zero-order valence-corrected chi connectivity index (χ0v) is 12.0. The largest absolute Gasteiger partial charge is 0.377 e. The van der Waals surface area contributed by atoms with E-state index in [0.29, 0.717) is 6.54 Å². The van der Waals surface area contributed by atoms with Crippen molar-refractivity contribution in [3.05, 3.63) is 11.9 Å². The molecule has 0 spiro atoms. The molecule has 0 aromatic carbocycles. The highest BCUT2D eigenvalue weighted by Gasteiger charge is 2.16. The van der Waals surface area contributed by atoms with Crippen LogP contribution in [0.3, 0.4) is 0 Å². The lowest BCUT2D eigenvalue weighted by atomic mass is 10.1. The fourth-order valence-corrected chi connectivity index (χ4v) is 1.39. The highest BCUT2D eigenvalue weighted by atomic mass is 16.5. The molecular formula is C13H24N4O. The molecule has 5 nitrogen and oxygen atoms in total. The number of anilines is 2. The van der Waals surface area contributed by atoms with E-state index in [2.05, 4.69) is 27.5 Å². The second kappa shape index (κ2) is 6.54. The van der Waals surface area contributed by atoms with Crippen molar-refractivity contribution in [2.24, 2.45) is 0 Å². The predicted octanol–water partition coefficient (Wildman–Crippen LogP) is 2.31. The van der Waals surface area contributed by atoms with Crippen molar-refractivity contribution in [2.45, 2.75) is 39.7 Å². The van der Waals surface area contributed by atoms with E-state index in [4.69, 9.17) is 4.74 Å². The van der Waals surface area contributed by atoms with Crippen LogP contribution in [0.5, 0.6) is 0 Å². The molecule has 0 unspecified atom stereocenters. The van der Waals surface area contributed by atoms with Gasteiger partial charge in [0.25, 0.3) is 0 Å². The van der Waals surface area contributed by atoms with Gasteiger partial charge >= 0.3 is 0 Å². The number of aryl methyl sites for hydroxylation is 1. The number of rotatable bonds is 7. The van der Waals surface area contributed by atoms with Gasteiger partial charge in [-0.1, -0.05) is 6.92 Å².